The van der Waals surface area contributed by atoms with Gasteiger partial charge in [-0.3, -0.25) is 4.79 Å². The molecular formula is C18H17IN4O. The van der Waals surface area contributed by atoms with Gasteiger partial charge >= 0.3 is 0 Å². The molecule has 0 atom stereocenters. The summed E-state index contributed by atoms with van der Waals surface area (Å²) < 4.78 is 1.10. The van der Waals surface area contributed by atoms with Crippen LogP contribution in [0.3, 0.4) is 0 Å². The van der Waals surface area contributed by atoms with Crippen molar-refractivity contribution in [2.75, 3.05) is 23.3 Å². The van der Waals surface area contributed by atoms with E-state index in [9.17, 15) is 4.79 Å². The van der Waals surface area contributed by atoms with E-state index in [2.05, 4.69) is 43.9 Å². The Bertz CT molecular complexity index is 761. The quantitative estimate of drug-likeness (QED) is 0.755. The summed E-state index contributed by atoms with van der Waals surface area (Å²) in [5.74, 6) is 0.979. The summed E-state index contributed by atoms with van der Waals surface area (Å²) in [5.41, 5.74) is 1.41. The highest BCUT2D eigenvalue weighted by Gasteiger charge is 2.25. The molecule has 2 heterocycles. The van der Waals surface area contributed by atoms with E-state index < -0.39 is 0 Å². The molecule has 1 saturated heterocycles. The van der Waals surface area contributed by atoms with Gasteiger partial charge in [-0.25, -0.2) is 4.98 Å². The van der Waals surface area contributed by atoms with E-state index in [0.29, 0.717) is 5.56 Å². The third-order valence-corrected chi connectivity index (χ3v) is 4.83. The predicted molar refractivity (Wildman–Crippen MR) is 102 cm³/mol. The molecule has 122 valence electrons. The van der Waals surface area contributed by atoms with Crippen LogP contribution in [0, 0.1) is 20.8 Å². The van der Waals surface area contributed by atoms with E-state index in [1.807, 2.05) is 30.3 Å². The van der Waals surface area contributed by atoms with Gasteiger partial charge in [0.15, 0.2) is 0 Å². The van der Waals surface area contributed by atoms with E-state index in [1.54, 1.807) is 12.3 Å². The number of carbonyl (C=O) groups excluding carboxylic acids is 1. The lowest BCUT2D eigenvalue weighted by Crippen LogP contribution is -2.38. The second-order valence-corrected chi connectivity index (χ2v) is 7.02. The maximum absolute atomic E-state index is 12.4. The van der Waals surface area contributed by atoms with Crippen LogP contribution in [-0.4, -0.2) is 24.0 Å². The molecular weight excluding hydrogens is 415 g/mol. The second kappa shape index (κ2) is 7.62. The van der Waals surface area contributed by atoms with Crippen LogP contribution in [-0.2, 0) is 4.79 Å². The molecule has 1 aliphatic rings. The SMILES string of the molecule is N#Cc1ccc(N2CCC(C(=O)Nc3cccc(I)c3)CC2)nc1. The van der Waals surface area contributed by atoms with Gasteiger partial charge in [-0.15, -0.1) is 0 Å². The van der Waals surface area contributed by atoms with Gasteiger partial charge in [-0.2, -0.15) is 5.26 Å². The third kappa shape index (κ3) is 4.03. The summed E-state index contributed by atoms with van der Waals surface area (Å²) in [7, 11) is 0. The van der Waals surface area contributed by atoms with Crippen LogP contribution < -0.4 is 10.2 Å². The van der Waals surface area contributed by atoms with Crippen LogP contribution in [0.5, 0.6) is 0 Å². The number of benzene rings is 1. The maximum Gasteiger partial charge on any atom is 0.227 e. The number of anilines is 2. The number of nitrogens with zero attached hydrogens (tertiary/aromatic N) is 3. The van der Waals surface area contributed by atoms with Crippen molar-refractivity contribution in [2.45, 2.75) is 12.8 Å². The normalized spacial score (nSPS) is 14.9. The highest BCUT2D eigenvalue weighted by molar-refractivity contribution is 14.1. The first-order valence-electron chi connectivity index (χ1n) is 7.83. The van der Waals surface area contributed by atoms with Gasteiger partial charge < -0.3 is 10.2 Å². The van der Waals surface area contributed by atoms with Crippen LogP contribution in [0.15, 0.2) is 42.6 Å². The standard InChI is InChI=1S/C18H17IN4O/c19-15-2-1-3-16(10-15)22-18(24)14-6-8-23(9-7-14)17-5-4-13(11-20)12-21-17/h1-5,10,12,14H,6-9H2,(H,22,24). The van der Waals surface area contributed by atoms with Crippen LogP contribution in [0.4, 0.5) is 11.5 Å². The molecule has 0 radical (unpaired) electrons. The van der Waals surface area contributed by atoms with Crippen molar-refractivity contribution in [3.8, 4) is 6.07 Å². The summed E-state index contributed by atoms with van der Waals surface area (Å²) in [6, 6.07) is 13.5. The van der Waals surface area contributed by atoms with Crippen molar-refractivity contribution in [1.82, 2.24) is 4.98 Å². The molecule has 5 nitrogen and oxygen atoms in total. The Balaban J connectivity index is 1.56. The zero-order valence-corrected chi connectivity index (χ0v) is 15.2. The molecule has 0 aliphatic carbocycles. The molecule has 0 spiro atoms. The molecule has 1 amide bonds. The first kappa shape index (κ1) is 16.7. The van der Waals surface area contributed by atoms with Crippen molar-refractivity contribution in [3.05, 3.63) is 51.7 Å². The summed E-state index contributed by atoms with van der Waals surface area (Å²) in [6.45, 7) is 1.59. The Kier molecular flexibility index (Phi) is 5.30. The fourth-order valence-electron chi connectivity index (χ4n) is 2.82. The molecule has 6 heteroatoms. The average Bonchev–Trinajstić information content (AvgIpc) is 2.62. The number of nitrogens with one attached hydrogen (secondary N) is 1. The van der Waals surface area contributed by atoms with Gasteiger partial charge in [0.1, 0.15) is 11.9 Å². The van der Waals surface area contributed by atoms with Crippen molar-refractivity contribution >= 4 is 40.0 Å². The lowest BCUT2D eigenvalue weighted by molar-refractivity contribution is -0.120. The zero-order valence-electron chi connectivity index (χ0n) is 13.1. The lowest BCUT2D eigenvalue weighted by atomic mass is 9.95. The molecule has 1 fully saturated rings. The van der Waals surface area contributed by atoms with Crippen LogP contribution >= 0.6 is 22.6 Å². The molecule has 0 bridgehead atoms. The fraction of sp³-hybridized carbons (Fsp3) is 0.278. The third-order valence-electron chi connectivity index (χ3n) is 4.16. The topological polar surface area (TPSA) is 69.0 Å². The Morgan fingerprint density at radius 2 is 2.08 bits per heavy atom. The number of pyridine rings is 1. The summed E-state index contributed by atoms with van der Waals surface area (Å²) >= 11 is 2.24. The molecule has 1 N–H and O–H groups in total. The minimum atomic E-state index is 0.0255. The molecule has 0 unspecified atom stereocenters. The maximum atomic E-state index is 12.4. The summed E-state index contributed by atoms with van der Waals surface area (Å²) in [4.78, 5) is 18.9. The number of piperidine rings is 1. The number of carbonyl (C=O) groups is 1. The van der Waals surface area contributed by atoms with E-state index in [-0.39, 0.29) is 11.8 Å². The van der Waals surface area contributed by atoms with Crippen molar-refractivity contribution < 1.29 is 4.79 Å². The van der Waals surface area contributed by atoms with Gasteiger partial charge in [0.05, 0.1) is 5.56 Å². The number of aromatic nitrogens is 1. The van der Waals surface area contributed by atoms with Crippen molar-refractivity contribution in [1.29, 1.82) is 5.26 Å². The number of amides is 1. The number of halogens is 1. The largest absolute Gasteiger partial charge is 0.357 e. The van der Waals surface area contributed by atoms with Crippen molar-refractivity contribution in [2.24, 2.45) is 5.92 Å². The lowest BCUT2D eigenvalue weighted by Gasteiger charge is -2.32. The van der Waals surface area contributed by atoms with Gasteiger partial charge in [-0.05, 0) is 65.8 Å². The highest BCUT2D eigenvalue weighted by Crippen LogP contribution is 2.23. The van der Waals surface area contributed by atoms with Gasteiger partial charge in [0.25, 0.3) is 0 Å². The Hall–Kier alpha value is -2.14. The van der Waals surface area contributed by atoms with Crippen LogP contribution in [0.1, 0.15) is 18.4 Å². The number of hydrogen-bond donors (Lipinski definition) is 1. The van der Waals surface area contributed by atoms with Gasteiger partial charge in [0, 0.05) is 34.5 Å². The molecule has 3 rings (SSSR count). The smallest absolute Gasteiger partial charge is 0.227 e. The molecule has 1 aromatic heterocycles. The number of nitriles is 1. The second-order valence-electron chi connectivity index (χ2n) is 5.78. The Labute approximate surface area is 154 Å². The minimum Gasteiger partial charge on any atom is -0.357 e. The minimum absolute atomic E-state index is 0.0255. The summed E-state index contributed by atoms with van der Waals surface area (Å²) in [5, 5.41) is 11.8. The van der Waals surface area contributed by atoms with Crippen LogP contribution in [0.2, 0.25) is 0 Å². The Morgan fingerprint density at radius 3 is 2.71 bits per heavy atom. The average molecular weight is 432 g/mol. The highest BCUT2D eigenvalue weighted by atomic mass is 127. The van der Waals surface area contributed by atoms with Crippen molar-refractivity contribution in [3.63, 3.8) is 0 Å². The monoisotopic (exact) mass is 432 g/mol. The fourth-order valence-corrected chi connectivity index (χ4v) is 3.36. The van der Waals surface area contributed by atoms with E-state index in [4.69, 9.17) is 5.26 Å². The first-order valence-corrected chi connectivity index (χ1v) is 8.91. The number of hydrogen-bond acceptors (Lipinski definition) is 4. The van der Waals surface area contributed by atoms with Gasteiger partial charge in [0.2, 0.25) is 5.91 Å². The molecule has 2 aromatic rings. The van der Waals surface area contributed by atoms with Gasteiger partial charge in [-0.1, -0.05) is 6.07 Å². The first-order chi connectivity index (χ1) is 11.7. The number of rotatable bonds is 3. The van der Waals surface area contributed by atoms with E-state index >= 15 is 0 Å². The molecule has 0 saturated carbocycles. The molecule has 1 aliphatic heterocycles. The molecule has 24 heavy (non-hydrogen) atoms. The predicted octanol–water partition coefficient (Wildman–Crippen LogP) is 3.41. The van der Waals surface area contributed by atoms with Crippen LogP contribution in [0.25, 0.3) is 0 Å². The zero-order chi connectivity index (χ0) is 16.9. The Morgan fingerprint density at radius 1 is 1.29 bits per heavy atom. The van der Waals surface area contributed by atoms with E-state index in [1.165, 1.54) is 0 Å². The summed E-state index contributed by atoms with van der Waals surface area (Å²) in [6.07, 6.45) is 3.19. The molecule has 1 aromatic carbocycles. The van der Waals surface area contributed by atoms with E-state index in [0.717, 1.165) is 41.0 Å².